The van der Waals surface area contributed by atoms with Crippen LogP contribution in [-0.2, 0) is 9.59 Å². The lowest BCUT2D eigenvalue weighted by molar-refractivity contribution is -0.131. The highest BCUT2D eigenvalue weighted by Gasteiger charge is 2.61. The quantitative estimate of drug-likeness (QED) is 0.443. The van der Waals surface area contributed by atoms with Gasteiger partial charge < -0.3 is 0 Å². The van der Waals surface area contributed by atoms with Crippen LogP contribution in [0.4, 0.5) is 0 Å². The van der Waals surface area contributed by atoms with Gasteiger partial charge in [0.05, 0.1) is 0 Å². The maximum Gasteiger partial charge on any atom is 0.159 e. The monoisotopic (exact) mass is 426 g/mol. The van der Waals surface area contributed by atoms with E-state index in [1.165, 1.54) is 44.9 Å². The van der Waals surface area contributed by atoms with Gasteiger partial charge in [-0.25, -0.2) is 0 Å². The first-order chi connectivity index (χ1) is 14.6. The lowest BCUT2D eigenvalue weighted by Gasteiger charge is -2.57. The highest BCUT2D eigenvalue weighted by Crippen LogP contribution is 2.67. The Hall–Kier alpha value is -0.920. The predicted molar refractivity (Wildman–Crippen MR) is 128 cm³/mol. The third kappa shape index (κ3) is 3.78. The van der Waals surface area contributed by atoms with Crippen LogP contribution in [0.5, 0.6) is 0 Å². The molecular weight excluding hydrogens is 380 g/mol. The zero-order valence-corrected chi connectivity index (χ0v) is 21.0. The molecule has 4 aliphatic carbocycles. The summed E-state index contributed by atoms with van der Waals surface area (Å²) < 4.78 is 0. The van der Waals surface area contributed by atoms with Crippen LogP contribution in [0, 0.1) is 52.3 Å². The summed E-state index contributed by atoms with van der Waals surface area (Å²) in [6.07, 6.45) is 13.2. The van der Waals surface area contributed by atoms with Crippen molar-refractivity contribution in [3.8, 4) is 0 Å². The van der Waals surface area contributed by atoms with Gasteiger partial charge in [-0.2, -0.15) is 0 Å². The number of Topliss-reactive ketones (excluding diaryl/α,β-unsaturated/α-hetero) is 1. The molecule has 3 fully saturated rings. The number of allylic oxidation sites excluding steroid dienone is 1. The van der Waals surface area contributed by atoms with Crippen molar-refractivity contribution in [1.82, 2.24) is 0 Å². The van der Waals surface area contributed by atoms with Crippen molar-refractivity contribution in [3.05, 3.63) is 11.6 Å². The average Bonchev–Trinajstić information content (AvgIpc) is 3.07. The summed E-state index contributed by atoms with van der Waals surface area (Å²) in [5.41, 5.74) is 1.24. The standard InChI is InChI=1S/C29H46O2/c1-7-20(18(2)3)9-8-19(4)23-10-11-24-22-17-27(31)26-16-21(30)12-14-29(26,6)25(22)13-15-28(23,24)5/h16,18-20,22-25H,7-15,17H2,1-6H3/t19-,20-,22+,23-,24+,25+,28-,29-/m0/s1. The number of rotatable bonds is 6. The molecule has 0 bridgehead atoms. The maximum absolute atomic E-state index is 13.2. The Balaban J connectivity index is 1.52. The molecule has 0 amide bonds. The van der Waals surface area contributed by atoms with E-state index in [-0.39, 0.29) is 11.2 Å². The second-order valence-corrected chi connectivity index (χ2v) is 12.6. The Morgan fingerprint density at radius 2 is 1.74 bits per heavy atom. The number of hydrogen-bond donors (Lipinski definition) is 0. The van der Waals surface area contributed by atoms with Crippen LogP contribution in [0.1, 0.15) is 106 Å². The summed E-state index contributed by atoms with van der Waals surface area (Å²) in [6.45, 7) is 14.5. The largest absolute Gasteiger partial charge is 0.295 e. The van der Waals surface area contributed by atoms with Crippen LogP contribution in [0.3, 0.4) is 0 Å². The second-order valence-electron chi connectivity index (χ2n) is 12.6. The van der Waals surface area contributed by atoms with E-state index in [1.54, 1.807) is 6.08 Å². The van der Waals surface area contributed by atoms with Crippen LogP contribution in [0.15, 0.2) is 11.6 Å². The molecule has 0 unspecified atom stereocenters. The van der Waals surface area contributed by atoms with Crippen molar-refractivity contribution in [2.24, 2.45) is 52.3 Å². The molecule has 4 rings (SSSR count). The molecule has 8 atom stereocenters. The van der Waals surface area contributed by atoms with E-state index in [1.807, 2.05) is 0 Å². The number of hydrogen-bond acceptors (Lipinski definition) is 2. The van der Waals surface area contributed by atoms with E-state index in [0.29, 0.717) is 41.8 Å². The minimum atomic E-state index is -0.0510. The van der Waals surface area contributed by atoms with Gasteiger partial charge in [0.2, 0.25) is 0 Å². The van der Waals surface area contributed by atoms with Crippen molar-refractivity contribution < 1.29 is 9.59 Å². The number of fused-ring (bicyclic) bond motifs is 5. The Kier molecular flexibility index (Phi) is 6.34. The Morgan fingerprint density at radius 3 is 2.42 bits per heavy atom. The van der Waals surface area contributed by atoms with E-state index in [0.717, 1.165) is 35.7 Å². The van der Waals surface area contributed by atoms with Gasteiger partial charge in [-0.3, -0.25) is 9.59 Å². The Morgan fingerprint density at radius 1 is 1.00 bits per heavy atom. The minimum absolute atomic E-state index is 0.0510. The highest BCUT2D eigenvalue weighted by molar-refractivity contribution is 6.05. The van der Waals surface area contributed by atoms with E-state index < -0.39 is 0 Å². The van der Waals surface area contributed by atoms with Crippen molar-refractivity contribution in [2.45, 2.75) is 106 Å². The minimum Gasteiger partial charge on any atom is -0.295 e. The molecule has 0 aromatic carbocycles. The number of carbonyl (C=O) groups excluding carboxylic acids is 2. The zero-order chi connectivity index (χ0) is 22.6. The molecule has 174 valence electrons. The lowest BCUT2D eigenvalue weighted by Crippen LogP contribution is -2.53. The van der Waals surface area contributed by atoms with Crippen LogP contribution < -0.4 is 0 Å². The summed E-state index contributed by atoms with van der Waals surface area (Å²) in [5, 5.41) is 0. The first-order valence-electron chi connectivity index (χ1n) is 13.4. The van der Waals surface area contributed by atoms with Crippen LogP contribution in [0.25, 0.3) is 0 Å². The molecular formula is C29H46O2. The van der Waals surface area contributed by atoms with Gasteiger partial charge >= 0.3 is 0 Å². The van der Waals surface area contributed by atoms with E-state index in [4.69, 9.17) is 0 Å². The highest BCUT2D eigenvalue weighted by atomic mass is 16.1. The number of ketones is 2. The van der Waals surface area contributed by atoms with E-state index in [9.17, 15) is 9.59 Å². The zero-order valence-electron chi connectivity index (χ0n) is 21.0. The molecule has 0 radical (unpaired) electrons. The lowest BCUT2D eigenvalue weighted by atomic mass is 9.46. The van der Waals surface area contributed by atoms with Crippen molar-refractivity contribution >= 4 is 11.6 Å². The Bertz CT molecular complexity index is 748. The maximum atomic E-state index is 13.2. The fourth-order valence-electron chi connectivity index (χ4n) is 9.05. The molecule has 2 heteroatoms. The van der Waals surface area contributed by atoms with Gasteiger partial charge in [-0.15, -0.1) is 0 Å². The van der Waals surface area contributed by atoms with Gasteiger partial charge in [0.15, 0.2) is 11.6 Å². The van der Waals surface area contributed by atoms with Gasteiger partial charge in [0.1, 0.15) is 0 Å². The fraction of sp³-hybridized carbons (Fsp3) is 0.862. The summed E-state index contributed by atoms with van der Waals surface area (Å²) in [4.78, 5) is 25.3. The average molecular weight is 427 g/mol. The number of carbonyl (C=O) groups is 2. The Labute approximate surface area is 191 Å². The SMILES string of the molecule is CC[C@@H](CC[C@H](C)[C@@H]1CC[C@@H]2[C@H]3CC(=O)C4=CC(=O)CC[C@@]4(C)[C@@H]3CC[C@]21C)C(C)C. The molecule has 0 aliphatic heterocycles. The van der Waals surface area contributed by atoms with E-state index >= 15 is 0 Å². The first kappa shape index (κ1) is 23.2. The molecule has 2 nitrogen and oxygen atoms in total. The molecule has 0 N–H and O–H groups in total. The van der Waals surface area contributed by atoms with Crippen molar-refractivity contribution in [3.63, 3.8) is 0 Å². The smallest absolute Gasteiger partial charge is 0.159 e. The van der Waals surface area contributed by atoms with Crippen molar-refractivity contribution in [1.29, 1.82) is 0 Å². The van der Waals surface area contributed by atoms with Gasteiger partial charge in [0, 0.05) is 18.4 Å². The van der Waals surface area contributed by atoms with Crippen LogP contribution in [0.2, 0.25) is 0 Å². The third-order valence-corrected chi connectivity index (χ3v) is 11.0. The second kappa shape index (κ2) is 8.45. The first-order valence-corrected chi connectivity index (χ1v) is 13.4. The molecule has 0 aromatic rings. The third-order valence-electron chi connectivity index (χ3n) is 11.0. The molecule has 31 heavy (non-hydrogen) atoms. The molecule has 0 spiro atoms. The topological polar surface area (TPSA) is 34.1 Å². The molecule has 0 aromatic heterocycles. The summed E-state index contributed by atoms with van der Waals surface area (Å²) in [5.74, 6) is 5.55. The van der Waals surface area contributed by atoms with Crippen LogP contribution >= 0.6 is 0 Å². The van der Waals surface area contributed by atoms with E-state index in [2.05, 4.69) is 41.5 Å². The van der Waals surface area contributed by atoms with Gasteiger partial charge in [0.25, 0.3) is 0 Å². The van der Waals surface area contributed by atoms with Gasteiger partial charge in [-0.05, 0) is 96.9 Å². The molecule has 0 heterocycles. The van der Waals surface area contributed by atoms with Gasteiger partial charge in [-0.1, -0.05) is 54.4 Å². The molecule has 0 saturated heterocycles. The summed E-state index contributed by atoms with van der Waals surface area (Å²) >= 11 is 0. The fourth-order valence-corrected chi connectivity index (χ4v) is 9.05. The molecule has 3 saturated carbocycles. The van der Waals surface area contributed by atoms with Crippen LogP contribution in [-0.4, -0.2) is 11.6 Å². The summed E-state index contributed by atoms with van der Waals surface area (Å²) in [7, 11) is 0. The molecule has 4 aliphatic rings. The normalized spacial score (nSPS) is 42.0. The predicted octanol–water partition coefficient (Wildman–Crippen LogP) is 7.41. The van der Waals surface area contributed by atoms with Crippen molar-refractivity contribution in [2.75, 3.05) is 0 Å². The summed E-state index contributed by atoms with van der Waals surface area (Å²) in [6, 6.07) is 0.